The number of rotatable bonds is 1. The lowest BCUT2D eigenvalue weighted by atomic mass is 10.1. The summed E-state index contributed by atoms with van der Waals surface area (Å²) in [5, 5.41) is 0.0435. The zero-order valence-corrected chi connectivity index (χ0v) is 8.17. The Kier molecular flexibility index (Phi) is 2.60. The predicted molar refractivity (Wildman–Crippen MR) is 52.4 cm³/mol. The van der Waals surface area contributed by atoms with Crippen LogP contribution in [0.1, 0.15) is 0 Å². The van der Waals surface area contributed by atoms with Crippen molar-refractivity contribution in [3.63, 3.8) is 0 Å². The average molecular weight is 227 g/mol. The van der Waals surface area contributed by atoms with Crippen LogP contribution in [0, 0.1) is 11.6 Å². The molecule has 0 spiro atoms. The molecule has 0 atom stereocenters. The summed E-state index contributed by atoms with van der Waals surface area (Å²) in [7, 11) is 0. The molecule has 1 heterocycles. The van der Waals surface area contributed by atoms with Gasteiger partial charge in [-0.15, -0.1) is 0 Å². The second kappa shape index (κ2) is 3.90. The highest BCUT2D eigenvalue weighted by Gasteiger charge is 2.13. The van der Waals surface area contributed by atoms with Gasteiger partial charge in [-0.25, -0.2) is 13.8 Å². The van der Waals surface area contributed by atoms with Gasteiger partial charge in [-0.3, -0.25) is 4.98 Å². The van der Waals surface area contributed by atoms with Crippen LogP contribution in [0.15, 0.2) is 30.6 Å². The first kappa shape index (κ1) is 9.98. The van der Waals surface area contributed by atoms with Crippen molar-refractivity contribution < 1.29 is 8.78 Å². The average Bonchev–Trinajstić information content (AvgIpc) is 2.23. The van der Waals surface area contributed by atoms with E-state index in [1.807, 2.05) is 0 Å². The maximum Gasteiger partial charge on any atom is 0.168 e. The van der Waals surface area contributed by atoms with Crippen molar-refractivity contribution in [1.29, 1.82) is 0 Å². The molecule has 0 bridgehead atoms. The van der Waals surface area contributed by atoms with E-state index in [2.05, 4.69) is 9.97 Å². The normalized spacial score (nSPS) is 10.3. The van der Waals surface area contributed by atoms with Gasteiger partial charge in [0.15, 0.2) is 16.8 Å². The topological polar surface area (TPSA) is 25.8 Å². The highest BCUT2D eigenvalue weighted by atomic mass is 35.5. The molecule has 15 heavy (non-hydrogen) atoms. The Morgan fingerprint density at radius 2 is 1.80 bits per heavy atom. The molecule has 0 aliphatic rings. The fourth-order valence-corrected chi connectivity index (χ4v) is 1.40. The Hall–Kier alpha value is -1.55. The van der Waals surface area contributed by atoms with Gasteiger partial charge in [0.25, 0.3) is 0 Å². The third kappa shape index (κ3) is 1.80. The van der Waals surface area contributed by atoms with E-state index in [0.717, 1.165) is 6.07 Å². The Labute approximate surface area is 89.6 Å². The summed E-state index contributed by atoms with van der Waals surface area (Å²) in [5.41, 5.74) is 0.143. The summed E-state index contributed by atoms with van der Waals surface area (Å²) in [6.07, 6.45) is 2.74. The molecule has 2 rings (SSSR count). The summed E-state index contributed by atoms with van der Waals surface area (Å²) in [6, 6.07) is 3.82. The number of hydrogen-bond donors (Lipinski definition) is 0. The molecule has 2 nitrogen and oxygen atoms in total. The monoisotopic (exact) mass is 226 g/mol. The van der Waals surface area contributed by atoms with E-state index in [-0.39, 0.29) is 16.4 Å². The lowest BCUT2D eigenvalue weighted by Gasteiger charge is -2.03. The minimum atomic E-state index is -0.972. The highest BCUT2D eigenvalue weighted by Crippen LogP contribution is 2.26. The van der Waals surface area contributed by atoms with Gasteiger partial charge in [0, 0.05) is 18.0 Å². The minimum absolute atomic E-state index is 0.00750. The zero-order chi connectivity index (χ0) is 10.8. The van der Waals surface area contributed by atoms with Crippen LogP contribution >= 0.6 is 11.6 Å². The summed E-state index contributed by atoms with van der Waals surface area (Å²) >= 11 is 5.72. The first-order valence-electron chi connectivity index (χ1n) is 4.11. The van der Waals surface area contributed by atoms with Crippen LogP contribution in [0.3, 0.4) is 0 Å². The maximum absolute atomic E-state index is 13.4. The SMILES string of the molecule is Fc1cccc(-c2nccnc2Cl)c1F. The van der Waals surface area contributed by atoms with Crippen LogP contribution in [0.2, 0.25) is 5.15 Å². The van der Waals surface area contributed by atoms with Crippen molar-refractivity contribution in [3.05, 3.63) is 47.4 Å². The van der Waals surface area contributed by atoms with Crippen molar-refractivity contribution in [2.75, 3.05) is 0 Å². The number of aromatic nitrogens is 2. The van der Waals surface area contributed by atoms with Crippen molar-refractivity contribution in [2.45, 2.75) is 0 Å². The van der Waals surface area contributed by atoms with E-state index in [9.17, 15) is 8.78 Å². The standard InChI is InChI=1S/C10H5ClF2N2/c11-10-9(14-4-5-15-10)6-2-1-3-7(12)8(6)13/h1-5H. The molecule has 0 amide bonds. The fourth-order valence-electron chi connectivity index (χ4n) is 1.19. The molecule has 0 N–H and O–H groups in total. The first-order valence-corrected chi connectivity index (χ1v) is 4.49. The lowest BCUT2D eigenvalue weighted by molar-refractivity contribution is 0.511. The molecule has 5 heteroatoms. The van der Waals surface area contributed by atoms with Gasteiger partial charge in [0.2, 0.25) is 0 Å². The Balaban J connectivity index is 2.65. The summed E-state index contributed by atoms with van der Waals surface area (Å²) in [5.74, 6) is -1.91. The van der Waals surface area contributed by atoms with Crippen LogP contribution in [-0.4, -0.2) is 9.97 Å². The first-order chi connectivity index (χ1) is 7.20. The molecule has 1 aromatic carbocycles. The van der Waals surface area contributed by atoms with E-state index >= 15 is 0 Å². The maximum atomic E-state index is 13.4. The van der Waals surface area contributed by atoms with Gasteiger partial charge < -0.3 is 0 Å². The van der Waals surface area contributed by atoms with Gasteiger partial charge in [-0.1, -0.05) is 17.7 Å². The molecule has 0 unspecified atom stereocenters. The molecule has 76 valence electrons. The number of halogens is 3. The second-order valence-electron chi connectivity index (χ2n) is 2.80. The van der Waals surface area contributed by atoms with Crippen molar-refractivity contribution in [1.82, 2.24) is 9.97 Å². The molecule has 1 aromatic heterocycles. The van der Waals surface area contributed by atoms with Crippen LogP contribution in [0.5, 0.6) is 0 Å². The molecular formula is C10H5ClF2N2. The van der Waals surface area contributed by atoms with Crippen molar-refractivity contribution in [3.8, 4) is 11.3 Å². The van der Waals surface area contributed by atoms with Crippen molar-refractivity contribution in [2.24, 2.45) is 0 Å². The van der Waals surface area contributed by atoms with Gasteiger partial charge in [0.1, 0.15) is 5.69 Å². The summed E-state index contributed by atoms with van der Waals surface area (Å²) in [4.78, 5) is 7.59. The lowest BCUT2D eigenvalue weighted by Crippen LogP contribution is -1.93. The van der Waals surface area contributed by atoms with Crippen molar-refractivity contribution >= 4 is 11.6 Å². The highest BCUT2D eigenvalue weighted by molar-refractivity contribution is 6.31. The summed E-state index contributed by atoms with van der Waals surface area (Å²) < 4.78 is 26.3. The third-order valence-corrected chi connectivity index (χ3v) is 2.14. The third-order valence-electron chi connectivity index (χ3n) is 1.86. The van der Waals surface area contributed by atoms with E-state index in [0.29, 0.717) is 0 Å². The fraction of sp³-hybridized carbons (Fsp3) is 0. The number of nitrogens with zero attached hydrogens (tertiary/aromatic N) is 2. The Bertz CT molecular complexity index is 503. The molecule has 0 aliphatic carbocycles. The van der Waals surface area contributed by atoms with E-state index in [1.54, 1.807) is 0 Å². The molecule has 0 saturated heterocycles. The number of hydrogen-bond acceptors (Lipinski definition) is 2. The quantitative estimate of drug-likeness (QED) is 0.747. The van der Waals surface area contributed by atoms with E-state index in [1.165, 1.54) is 24.5 Å². The molecule has 0 aliphatic heterocycles. The second-order valence-corrected chi connectivity index (χ2v) is 3.16. The summed E-state index contributed by atoms with van der Waals surface area (Å²) in [6.45, 7) is 0. The Morgan fingerprint density at radius 1 is 1.07 bits per heavy atom. The number of benzene rings is 1. The minimum Gasteiger partial charge on any atom is -0.251 e. The molecule has 0 fully saturated rings. The Morgan fingerprint density at radius 3 is 2.53 bits per heavy atom. The van der Waals surface area contributed by atoms with E-state index < -0.39 is 11.6 Å². The molecule has 0 saturated carbocycles. The van der Waals surface area contributed by atoms with Crippen LogP contribution in [0.25, 0.3) is 11.3 Å². The van der Waals surface area contributed by atoms with Crippen LogP contribution in [-0.2, 0) is 0 Å². The van der Waals surface area contributed by atoms with Gasteiger partial charge in [0.05, 0.1) is 0 Å². The molecule has 0 radical (unpaired) electrons. The van der Waals surface area contributed by atoms with Gasteiger partial charge >= 0.3 is 0 Å². The van der Waals surface area contributed by atoms with Crippen LogP contribution < -0.4 is 0 Å². The van der Waals surface area contributed by atoms with Gasteiger partial charge in [-0.2, -0.15) is 0 Å². The molecule has 2 aromatic rings. The van der Waals surface area contributed by atoms with Crippen LogP contribution in [0.4, 0.5) is 8.78 Å². The smallest absolute Gasteiger partial charge is 0.168 e. The molecular weight excluding hydrogens is 222 g/mol. The van der Waals surface area contributed by atoms with E-state index in [4.69, 9.17) is 11.6 Å². The zero-order valence-electron chi connectivity index (χ0n) is 7.42. The predicted octanol–water partition coefficient (Wildman–Crippen LogP) is 3.08. The largest absolute Gasteiger partial charge is 0.251 e. The van der Waals surface area contributed by atoms with Gasteiger partial charge in [-0.05, 0) is 12.1 Å².